The summed E-state index contributed by atoms with van der Waals surface area (Å²) in [6.07, 6.45) is 1.65. The Bertz CT molecular complexity index is 1080. The van der Waals surface area contributed by atoms with Crippen LogP contribution in [0.4, 0.5) is 5.69 Å². The van der Waals surface area contributed by atoms with Crippen LogP contribution >= 0.6 is 0 Å². The zero-order chi connectivity index (χ0) is 21.0. The van der Waals surface area contributed by atoms with Crippen LogP contribution in [0.5, 0.6) is 0 Å². The number of nitrogens with one attached hydrogen (secondary N) is 1. The zero-order valence-corrected chi connectivity index (χ0v) is 17.2. The van der Waals surface area contributed by atoms with Crippen LogP contribution in [-0.2, 0) is 4.79 Å². The molecule has 0 fully saturated rings. The Kier molecular flexibility index (Phi) is 5.99. The molecule has 146 valence electrons. The number of aromatic nitrogens is 1. The third-order valence-electron chi connectivity index (χ3n) is 4.98. The molecule has 0 spiro atoms. The zero-order valence-electron chi connectivity index (χ0n) is 17.2. The molecule has 0 unspecified atom stereocenters. The first-order chi connectivity index (χ1) is 13.9. The van der Waals surface area contributed by atoms with Gasteiger partial charge in [-0.1, -0.05) is 44.2 Å². The molecular weight excluding hydrogens is 358 g/mol. The van der Waals surface area contributed by atoms with E-state index in [2.05, 4.69) is 48.0 Å². The molecule has 1 aromatic heterocycles. The highest BCUT2D eigenvalue weighted by Gasteiger charge is 2.14. The topological polar surface area (TPSA) is 57.8 Å². The quantitative estimate of drug-likeness (QED) is 0.449. The highest BCUT2D eigenvalue weighted by Crippen LogP contribution is 2.24. The number of nitriles is 1. The first kappa shape index (κ1) is 20.2. The lowest BCUT2D eigenvalue weighted by atomic mass is 10.0. The summed E-state index contributed by atoms with van der Waals surface area (Å²) in [5.74, 6) is 0.0699. The average Bonchev–Trinajstić information content (AvgIpc) is 2.99. The van der Waals surface area contributed by atoms with Crippen LogP contribution in [0.3, 0.4) is 0 Å². The van der Waals surface area contributed by atoms with Gasteiger partial charge in [0, 0.05) is 22.8 Å². The molecule has 0 saturated heterocycles. The van der Waals surface area contributed by atoms with Crippen molar-refractivity contribution in [2.24, 2.45) is 0 Å². The van der Waals surface area contributed by atoms with Crippen LogP contribution in [-0.4, -0.2) is 10.5 Å². The van der Waals surface area contributed by atoms with Gasteiger partial charge in [-0.05, 0) is 67.3 Å². The second-order valence-electron chi connectivity index (χ2n) is 7.40. The van der Waals surface area contributed by atoms with Gasteiger partial charge >= 0.3 is 0 Å². The number of nitrogens with zero attached hydrogens (tertiary/aromatic N) is 2. The highest BCUT2D eigenvalue weighted by atomic mass is 16.1. The summed E-state index contributed by atoms with van der Waals surface area (Å²) < 4.78 is 2.14. The van der Waals surface area contributed by atoms with Crippen LogP contribution in [0, 0.1) is 25.2 Å². The second kappa shape index (κ2) is 8.62. The van der Waals surface area contributed by atoms with Gasteiger partial charge in [0.05, 0.1) is 0 Å². The SMILES string of the molecule is Cc1cc(C=C(C#N)C(=O)Nc2ccccc2)c(C)n1-c1ccc(C(C)C)cc1. The van der Waals surface area contributed by atoms with Crippen molar-refractivity contribution in [3.05, 3.63) is 88.8 Å². The molecule has 1 amide bonds. The van der Waals surface area contributed by atoms with Crippen LogP contribution in [0.25, 0.3) is 11.8 Å². The van der Waals surface area contributed by atoms with E-state index in [4.69, 9.17) is 0 Å². The Morgan fingerprint density at radius 3 is 2.31 bits per heavy atom. The lowest BCUT2D eigenvalue weighted by Gasteiger charge is -2.12. The number of para-hydroxylation sites is 1. The van der Waals surface area contributed by atoms with Gasteiger partial charge in [-0.15, -0.1) is 0 Å². The fourth-order valence-electron chi connectivity index (χ4n) is 3.36. The van der Waals surface area contributed by atoms with Crippen molar-refractivity contribution < 1.29 is 4.79 Å². The number of rotatable bonds is 5. The standard InChI is InChI=1S/C25H25N3O/c1-17(2)20-10-12-24(13-11-20)28-18(3)14-21(19(28)4)15-22(16-26)25(29)27-23-8-6-5-7-9-23/h5-15,17H,1-4H3,(H,27,29). The predicted molar refractivity (Wildman–Crippen MR) is 118 cm³/mol. The maximum absolute atomic E-state index is 12.5. The summed E-state index contributed by atoms with van der Waals surface area (Å²) in [4.78, 5) is 12.5. The Morgan fingerprint density at radius 1 is 1.07 bits per heavy atom. The number of hydrogen-bond acceptors (Lipinski definition) is 2. The summed E-state index contributed by atoms with van der Waals surface area (Å²) in [6, 6.07) is 21.7. The molecule has 4 heteroatoms. The summed E-state index contributed by atoms with van der Waals surface area (Å²) in [7, 11) is 0. The van der Waals surface area contributed by atoms with E-state index in [1.54, 1.807) is 18.2 Å². The molecule has 1 N–H and O–H groups in total. The molecule has 0 aliphatic heterocycles. The van der Waals surface area contributed by atoms with Gasteiger partial charge in [0.25, 0.3) is 5.91 Å². The lowest BCUT2D eigenvalue weighted by Crippen LogP contribution is -2.13. The van der Waals surface area contributed by atoms with Gasteiger partial charge in [0.15, 0.2) is 0 Å². The van der Waals surface area contributed by atoms with E-state index in [1.807, 2.05) is 44.2 Å². The van der Waals surface area contributed by atoms with Crippen molar-refractivity contribution in [2.45, 2.75) is 33.6 Å². The van der Waals surface area contributed by atoms with E-state index >= 15 is 0 Å². The van der Waals surface area contributed by atoms with Crippen molar-refractivity contribution in [2.75, 3.05) is 5.32 Å². The van der Waals surface area contributed by atoms with Crippen molar-refractivity contribution >= 4 is 17.7 Å². The van der Waals surface area contributed by atoms with Crippen molar-refractivity contribution in [1.82, 2.24) is 4.57 Å². The predicted octanol–water partition coefficient (Wildman–Crippen LogP) is 5.76. The minimum absolute atomic E-state index is 0.0734. The molecule has 0 radical (unpaired) electrons. The Labute approximate surface area is 172 Å². The molecule has 0 aliphatic rings. The Hall–Kier alpha value is -3.58. The smallest absolute Gasteiger partial charge is 0.266 e. The highest BCUT2D eigenvalue weighted by molar-refractivity contribution is 6.09. The van der Waals surface area contributed by atoms with E-state index in [0.29, 0.717) is 11.6 Å². The summed E-state index contributed by atoms with van der Waals surface area (Å²) >= 11 is 0. The molecule has 3 aromatic rings. The van der Waals surface area contributed by atoms with Gasteiger partial charge in [0.1, 0.15) is 11.6 Å². The van der Waals surface area contributed by atoms with Crippen LogP contribution in [0.15, 0.2) is 66.2 Å². The number of anilines is 1. The van der Waals surface area contributed by atoms with Gasteiger partial charge in [-0.3, -0.25) is 4.79 Å². The summed E-state index contributed by atoms with van der Waals surface area (Å²) in [5.41, 5.74) is 5.98. The fraction of sp³-hybridized carbons (Fsp3) is 0.200. The third-order valence-corrected chi connectivity index (χ3v) is 4.98. The maximum Gasteiger partial charge on any atom is 0.266 e. The number of hydrogen-bond donors (Lipinski definition) is 1. The normalized spacial score (nSPS) is 11.4. The molecule has 2 aromatic carbocycles. The van der Waals surface area contributed by atoms with E-state index in [1.165, 1.54) is 5.56 Å². The van der Waals surface area contributed by atoms with Crippen LogP contribution in [0.1, 0.15) is 42.3 Å². The number of benzene rings is 2. The third kappa shape index (κ3) is 4.47. The average molecular weight is 383 g/mol. The second-order valence-corrected chi connectivity index (χ2v) is 7.40. The first-order valence-corrected chi connectivity index (χ1v) is 9.68. The minimum Gasteiger partial charge on any atom is -0.321 e. The number of amides is 1. The Morgan fingerprint density at radius 2 is 1.72 bits per heavy atom. The van der Waals surface area contributed by atoms with E-state index in [9.17, 15) is 10.1 Å². The minimum atomic E-state index is -0.412. The van der Waals surface area contributed by atoms with Crippen LogP contribution in [0.2, 0.25) is 0 Å². The number of aryl methyl sites for hydroxylation is 1. The molecule has 3 rings (SSSR count). The molecule has 0 bridgehead atoms. The number of carbonyl (C=O) groups is 1. The number of carbonyl (C=O) groups excluding carboxylic acids is 1. The van der Waals surface area contributed by atoms with Gasteiger partial charge in [-0.25, -0.2) is 0 Å². The van der Waals surface area contributed by atoms with E-state index < -0.39 is 5.91 Å². The van der Waals surface area contributed by atoms with Crippen molar-refractivity contribution in [3.8, 4) is 11.8 Å². The molecule has 0 saturated carbocycles. The van der Waals surface area contributed by atoms with Gasteiger partial charge in [-0.2, -0.15) is 5.26 Å². The Balaban J connectivity index is 1.92. The van der Waals surface area contributed by atoms with Gasteiger partial charge in [0.2, 0.25) is 0 Å². The monoisotopic (exact) mass is 383 g/mol. The molecule has 1 heterocycles. The van der Waals surface area contributed by atoms with Crippen molar-refractivity contribution in [3.63, 3.8) is 0 Å². The summed E-state index contributed by atoms with van der Waals surface area (Å²) in [6.45, 7) is 8.37. The molecule has 0 aliphatic carbocycles. The largest absolute Gasteiger partial charge is 0.321 e. The summed E-state index contributed by atoms with van der Waals surface area (Å²) in [5, 5.41) is 12.3. The van der Waals surface area contributed by atoms with Gasteiger partial charge < -0.3 is 9.88 Å². The molecule has 0 atom stereocenters. The first-order valence-electron chi connectivity index (χ1n) is 9.68. The molecule has 4 nitrogen and oxygen atoms in total. The molecule has 29 heavy (non-hydrogen) atoms. The van der Waals surface area contributed by atoms with Crippen LogP contribution < -0.4 is 5.32 Å². The molecular formula is C25H25N3O. The van der Waals surface area contributed by atoms with E-state index in [-0.39, 0.29) is 5.57 Å². The van der Waals surface area contributed by atoms with E-state index in [0.717, 1.165) is 22.6 Å². The maximum atomic E-state index is 12.5. The fourth-order valence-corrected chi connectivity index (χ4v) is 3.36. The lowest BCUT2D eigenvalue weighted by molar-refractivity contribution is -0.112. The van der Waals surface area contributed by atoms with Crippen molar-refractivity contribution in [1.29, 1.82) is 5.26 Å².